The first-order valence-corrected chi connectivity index (χ1v) is 12.1. The summed E-state index contributed by atoms with van der Waals surface area (Å²) in [6, 6.07) is 8.46. The zero-order valence-corrected chi connectivity index (χ0v) is 20.1. The van der Waals surface area contributed by atoms with Gasteiger partial charge in [0.25, 0.3) is 5.91 Å². The summed E-state index contributed by atoms with van der Waals surface area (Å²) in [6.45, 7) is 4.69. The molecule has 0 saturated carbocycles. The van der Waals surface area contributed by atoms with E-state index in [0.717, 1.165) is 4.70 Å². The first-order chi connectivity index (χ1) is 16.8. The van der Waals surface area contributed by atoms with Crippen LogP contribution in [-0.4, -0.2) is 53.9 Å². The molecule has 10 heteroatoms. The van der Waals surface area contributed by atoms with Crippen LogP contribution in [-0.2, 0) is 4.79 Å². The second-order valence-corrected chi connectivity index (χ2v) is 9.82. The molecule has 1 atom stereocenters. The average Bonchev–Trinajstić information content (AvgIpc) is 3.18. The average molecular weight is 511 g/mol. The lowest BCUT2D eigenvalue weighted by atomic mass is 9.96. The maximum absolute atomic E-state index is 16.0. The molecule has 0 spiro atoms. The Morgan fingerprint density at radius 2 is 2.17 bits per heavy atom. The Labute approximate surface area is 209 Å². The van der Waals surface area contributed by atoms with E-state index in [-0.39, 0.29) is 46.0 Å². The van der Waals surface area contributed by atoms with Crippen molar-refractivity contribution in [1.82, 2.24) is 9.80 Å². The van der Waals surface area contributed by atoms with Crippen LogP contribution in [0.25, 0.3) is 21.2 Å². The van der Waals surface area contributed by atoms with Crippen LogP contribution in [0.4, 0.5) is 9.39 Å². The molecular weight excluding hydrogens is 491 g/mol. The van der Waals surface area contributed by atoms with Crippen LogP contribution in [0.5, 0.6) is 5.75 Å². The molecular formula is C25H20ClFN4O3S. The fourth-order valence-electron chi connectivity index (χ4n) is 4.78. The van der Waals surface area contributed by atoms with Gasteiger partial charge in [0.1, 0.15) is 11.1 Å². The van der Waals surface area contributed by atoms with Gasteiger partial charge in [-0.3, -0.25) is 9.59 Å². The first-order valence-electron chi connectivity index (χ1n) is 10.9. The summed E-state index contributed by atoms with van der Waals surface area (Å²) < 4.78 is 22.6. The number of hydrogen-bond donors (Lipinski definition) is 1. The Morgan fingerprint density at radius 1 is 1.37 bits per heavy atom. The van der Waals surface area contributed by atoms with Gasteiger partial charge in [-0.25, -0.2) is 4.39 Å². The minimum absolute atomic E-state index is 0.0250. The Kier molecular flexibility index (Phi) is 5.87. The number of ether oxygens (including phenoxy) is 1. The van der Waals surface area contributed by atoms with Gasteiger partial charge in [-0.05, 0) is 23.8 Å². The number of fused-ring (bicyclic) bond motifs is 3. The number of amides is 2. The predicted molar refractivity (Wildman–Crippen MR) is 133 cm³/mol. The van der Waals surface area contributed by atoms with E-state index >= 15 is 4.39 Å². The number of halogens is 2. The molecule has 7 nitrogen and oxygen atoms in total. The van der Waals surface area contributed by atoms with E-state index in [9.17, 15) is 14.9 Å². The van der Waals surface area contributed by atoms with Crippen LogP contribution in [0.3, 0.4) is 0 Å². The van der Waals surface area contributed by atoms with Gasteiger partial charge in [-0.15, -0.1) is 11.3 Å². The Hall–Kier alpha value is -3.61. The van der Waals surface area contributed by atoms with Gasteiger partial charge in [-0.1, -0.05) is 30.3 Å². The number of piperazine rings is 1. The summed E-state index contributed by atoms with van der Waals surface area (Å²) in [7, 11) is 0. The molecule has 2 amide bonds. The van der Waals surface area contributed by atoms with Crippen molar-refractivity contribution in [2.24, 2.45) is 0 Å². The third-order valence-corrected chi connectivity index (χ3v) is 7.74. The van der Waals surface area contributed by atoms with Crippen LogP contribution >= 0.6 is 22.9 Å². The largest absolute Gasteiger partial charge is 0.490 e. The van der Waals surface area contributed by atoms with Crippen LogP contribution in [0.1, 0.15) is 22.3 Å². The third kappa shape index (κ3) is 3.70. The van der Waals surface area contributed by atoms with E-state index in [1.165, 1.54) is 23.5 Å². The van der Waals surface area contributed by atoms with Gasteiger partial charge in [0.15, 0.2) is 11.6 Å². The maximum atomic E-state index is 16.0. The zero-order chi connectivity index (χ0) is 24.9. The van der Waals surface area contributed by atoms with Gasteiger partial charge in [0.05, 0.1) is 28.8 Å². The number of nitrogens with two attached hydrogens (primary N) is 1. The normalized spacial score (nSPS) is 17.6. The standard InChI is InChI=1S/C25H20ClFN4O3S/c1-2-19(32)30-7-8-31-13(12-30)6-9-34-23-15(25(31)33)10-17(26)21(22(23)27)14-4-3-5-18-20(14)16(11-28)24(29)35-18/h2-5,10,13H,1,6-9,12,29H2/t13-/m0/s1. The molecule has 2 aliphatic rings. The number of nitrogens with zero attached hydrogens (tertiary/aromatic N) is 3. The Morgan fingerprint density at radius 3 is 2.91 bits per heavy atom. The minimum Gasteiger partial charge on any atom is -0.490 e. The zero-order valence-electron chi connectivity index (χ0n) is 18.5. The van der Waals surface area contributed by atoms with E-state index in [1.807, 2.05) is 0 Å². The third-order valence-electron chi connectivity index (χ3n) is 6.45. The summed E-state index contributed by atoms with van der Waals surface area (Å²) in [4.78, 5) is 28.8. The highest BCUT2D eigenvalue weighted by Gasteiger charge is 2.37. The highest BCUT2D eigenvalue weighted by Crippen LogP contribution is 2.45. The van der Waals surface area contributed by atoms with Crippen molar-refractivity contribution in [1.29, 1.82) is 5.26 Å². The first kappa shape index (κ1) is 23.1. The molecule has 1 saturated heterocycles. The highest BCUT2D eigenvalue weighted by atomic mass is 35.5. The molecule has 35 heavy (non-hydrogen) atoms. The smallest absolute Gasteiger partial charge is 0.258 e. The van der Waals surface area contributed by atoms with Crippen LogP contribution < -0.4 is 10.5 Å². The number of hydrogen-bond acceptors (Lipinski definition) is 6. The fraction of sp³-hybridized carbons (Fsp3) is 0.240. The Balaban J connectivity index is 1.61. The molecule has 3 aromatic rings. The number of carbonyl (C=O) groups excluding carboxylic acids is 2. The van der Waals surface area contributed by atoms with Crippen molar-refractivity contribution in [3.63, 3.8) is 0 Å². The van der Waals surface area contributed by atoms with Gasteiger partial charge >= 0.3 is 0 Å². The molecule has 3 heterocycles. The van der Waals surface area contributed by atoms with E-state index in [1.54, 1.807) is 28.0 Å². The summed E-state index contributed by atoms with van der Waals surface area (Å²) >= 11 is 7.82. The predicted octanol–water partition coefficient (Wildman–Crippen LogP) is 4.44. The molecule has 1 aromatic heterocycles. The number of anilines is 1. The number of thiophene rings is 1. The molecule has 2 aliphatic heterocycles. The second kappa shape index (κ2) is 8.87. The molecule has 178 valence electrons. The number of rotatable bonds is 2. The van der Waals surface area contributed by atoms with Crippen molar-refractivity contribution in [3.05, 3.63) is 58.9 Å². The van der Waals surface area contributed by atoms with Crippen molar-refractivity contribution < 1.29 is 18.7 Å². The van der Waals surface area contributed by atoms with E-state index < -0.39 is 11.7 Å². The van der Waals surface area contributed by atoms with Crippen molar-refractivity contribution in [2.75, 3.05) is 32.0 Å². The van der Waals surface area contributed by atoms with E-state index in [2.05, 4.69) is 12.6 Å². The van der Waals surface area contributed by atoms with Gasteiger partial charge in [0.2, 0.25) is 5.91 Å². The molecule has 2 aromatic carbocycles. The van der Waals surface area contributed by atoms with Gasteiger partial charge in [0, 0.05) is 41.7 Å². The number of nitrogen functional groups attached to an aromatic ring is 1. The molecule has 0 unspecified atom stereocenters. The number of benzene rings is 2. The number of nitriles is 1. The summed E-state index contributed by atoms with van der Waals surface area (Å²) in [5, 5.41) is 10.5. The van der Waals surface area contributed by atoms with E-state index in [4.69, 9.17) is 22.1 Å². The molecule has 0 aliphatic carbocycles. The minimum atomic E-state index is -0.763. The lowest BCUT2D eigenvalue weighted by Crippen LogP contribution is -2.57. The molecule has 0 radical (unpaired) electrons. The highest BCUT2D eigenvalue weighted by molar-refractivity contribution is 7.23. The summed E-state index contributed by atoms with van der Waals surface area (Å²) in [5.41, 5.74) is 6.77. The van der Waals surface area contributed by atoms with Crippen molar-refractivity contribution >= 4 is 49.8 Å². The van der Waals surface area contributed by atoms with Gasteiger partial charge in [-0.2, -0.15) is 5.26 Å². The topological polar surface area (TPSA) is 99.7 Å². The van der Waals surface area contributed by atoms with E-state index in [0.29, 0.717) is 42.0 Å². The fourth-order valence-corrected chi connectivity index (χ4v) is 6.03. The molecule has 5 rings (SSSR count). The summed E-state index contributed by atoms with van der Waals surface area (Å²) in [5.74, 6) is -1.53. The van der Waals surface area contributed by atoms with Crippen molar-refractivity contribution in [3.8, 4) is 22.9 Å². The lowest BCUT2D eigenvalue weighted by Gasteiger charge is -2.42. The van der Waals surface area contributed by atoms with Crippen LogP contribution in [0.15, 0.2) is 36.9 Å². The van der Waals surface area contributed by atoms with Gasteiger partial charge < -0.3 is 20.3 Å². The Bertz CT molecular complexity index is 1450. The molecule has 0 bridgehead atoms. The number of carbonyl (C=O) groups is 2. The van der Waals surface area contributed by atoms with Crippen LogP contribution in [0, 0.1) is 17.1 Å². The lowest BCUT2D eigenvalue weighted by molar-refractivity contribution is -0.128. The van der Waals surface area contributed by atoms with Crippen molar-refractivity contribution in [2.45, 2.75) is 12.5 Å². The quantitative estimate of drug-likeness (QED) is 0.514. The van der Waals surface area contributed by atoms with Crippen LogP contribution in [0.2, 0.25) is 5.02 Å². The monoisotopic (exact) mass is 510 g/mol. The molecule has 2 N–H and O–H groups in total. The maximum Gasteiger partial charge on any atom is 0.258 e. The SMILES string of the molecule is C=CC(=O)N1CCN2C(=O)c3cc(Cl)c(-c4cccc5sc(N)c(C#N)c45)c(F)c3OCC[C@H]2C1. The summed E-state index contributed by atoms with van der Waals surface area (Å²) in [6.07, 6.45) is 1.68. The molecule has 1 fully saturated rings. The second-order valence-electron chi connectivity index (χ2n) is 8.33.